The molecule has 0 bridgehead atoms. The summed E-state index contributed by atoms with van der Waals surface area (Å²) < 4.78 is 3.66. The first-order valence-corrected chi connectivity index (χ1v) is 7.30. The van der Waals surface area contributed by atoms with E-state index in [1.165, 1.54) is 0 Å². The summed E-state index contributed by atoms with van der Waals surface area (Å²) in [7, 11) is 0. The molecule has 0 aliphatic carbocycles. The van der Waals surface area contributed by atoms with Gasteiger partial charge in [0.15, 0.2) is 11.5 Å². The van der Waals surface area contributed by atoms with Gasteiger partial charge in [0, 0.05) is 18.9 Å². The molecule has 0 spiro atoms. The van der Waals surface area contributed by atoms with Gasteiger partial charge in [-0.1, -0.05) is 13.0 Å². The molecule has 114 valence electrons. The summed E-state index contributed by atoms with van der Waals surface area (Å²) in [5, 5.41) is 15.4. The molecule has 22 heavy (non-hydrogen) atoms. The summed E-state index contributed by atoms with van der Waals surface area (Å²) in [4.78, 5) is 12.3. The third kappa shape index (κ3) is 2.69. The van der Waals surface area contributed by atoms with Gasteiger partial charge in [0.1, 0.15) is 0 Å². The molecule has 0 saturated heterocycles. The molecule has 0 fully saturated rings. The van der Waals surface area contributed by atoms with E-state index in [0.29, 0.717) is 17.9 Å². The normalized spacial score (nSPS) is 11.0. The Labute approximate surface area is 128 Å². The Kier molecular flexibility index (Phi) is 3.86. The third-order valence-corrected chi connectivity index (χ3v) is 3.44. The predicted molar refractivity (Wildman–Crippen MR) is 81.4 cm³/mol. The molecule has 3 aromatic rings. The summed E-state index contributed by atoms with van der Waals surface area (Å²) in [5.41, 5.74) is 2.10. The monoisotopic (exact) mass is 298 g/mol. The Morgan fingerprint density at radius 1 is 1.32 bits per heavy atom. The highest BCUT2D eigenvalue weighted by Gasteiger charge is 2.14. The van der Waals surface area contributed by atoms with Crippen LogP contribution in [0.15, 0.2) is 30.6 Å². The van der Waals surface area contributed by atoms with Crippen LogP contribution in [0.2, 0.25) is 0 Å². The number of amides is 1. The number of nitrogens with one attached hydrogen (secondary N) is 1. The third-order valence-electron chi connectivity index (χ3n) is 3.44. The highest BCUT2D eigenvalue weighted by molar-refractivity contribution is 5.94. The van der Waals surface area contributed by atoms with E-state index in [1.54, 1.807) is 10.9 Å². The van der Waals surface area contributed by atoms with Crippen molar-refractivity contribution in [2.75, 3.05) is 0 Å². The molecule has 0 unspecified atom stereocenters. The van der Waals surface area contributed by atoms with Crippen LogP contribution in [-0.4, -0.2) is 30.3 Å². The minimum atomic E-state index is -0.146. The zero-order valence-corrected chi connectivity index (χ0v) is 12.7. The van der Waals surface area contributed by atoms with Gasteiger partial charge in [-0.05, 0) is 25.5 Å². The number of nitrogens with zero attached hydrogens (tertiary/aromatic N) is 5. The minimum Gasteiger partial charge on any atom is -0.345 e. The molecule has 7 heteroatoms. The van der Waals surface area contributed by atoms with Crippen molar-refractivity contribution in [1.29, 1.82) is 0 Å². The number of pyridine rings is 1. The lowest BCUT2D eigenvalue weighted by Crippen LogP contribution is -2.24. The largest absolute Gasteiger partial charge is 0.345 e. The molecule has 0 aliphatic heterocycles. The maximum atomic E-state index is 12.3. The molecule has 7 nitrogen and oxygen atoms in total. The van der Waals surface area contributed by atoms with Crippen molar-refractivity contribution in [3.63, 3.8) is 0 Å². The lowest BCUT2D eigenvalue weighted by Gasteiger charge is -2.03. The number of aryl methyl sites for hydroxylation is 2. The van der Waals surface area contributed by atoms with Crippen molar-refractivity contribution in [2.45, 2.75) is 33.4 Å². The predicted octanol–water partition coefficient (Wildman–Crippen LogP) is 1.57. The van der Waals surface area contributed by atoms with Crippen LogP contribution in [0.1, 0.15) is 35.2 Å². The first kappa shape index (κ1) is 14.2. The first-order chi connectivity index (χ1) is 10.7. The molecule has 0 saturated carbocycles. The van der Waals surface area contributed by atoms with Gasteiger partial charge in [0.05, 0.1) is 17.8 Å². The van der Waals surface area contributed by atoms with Crippen molar-refractivity contribution in [1.82, 2.24) is 29.7 Å². The van der Waals surface area contributed by atoms with Gasteiger partial charge in [0.25, 0.3) is 5.91 Å². The molecular formula is C15H18N6O. The van der Waals surface area contributed by atoms with E-state index >= 15 is 0 Å². The summed E-state index contributed by atoms with van der Waals surface area (Å²) in [6.45, 7) is 5.05. The highest BCUT2D eigenvalue weighted by atomic mass is 16.1. The van der Waals surface area contributed by atoms with Crippen LogP contribution in [0.25, 0.3) is 5.65 Å². The maximum absolute atomic E-state index is 12.3. The van der Waals surface area contributed by atoms with Gasteiger partial charge in [-0.25, -0.2) is 0 Å². The number of rotatable bonds is 5. The summed E-state index contributed by atoms with van der Waals surface area (Å²) in [6.07, 6.45) is 4.64. The molecule has 1 N–H and O–H groups in total. The Morgan fingerprint density at radius 3 is 3.00 bits per heavy atom. The van der Waals surface area contributed by atoms with Crippen molar-refractivity contribution in [3.05, 3.63) is 47.7 Å². The summed E-state index contributed by atoms with van der Waals surface area (Å²) in [5.74, 6) is 0.551. The molecule has 0 aromatic carbocycles. The second kappa shape index (κ2) is 5.97. The Balaban J connectivity index is 1.72. The van der Waals surface area contributed by atoms with Crippen LogP contribution in [0.3, 0.4) is 0 Å². The van der Waals surface area contributed by atoms with Crippen LogP contribution >= 0.6 is 0 Å². The zero-order valence-electron chi connectivity index (χ0n) is 12.7. The fourth-order valence-electron chi connectivity index (χ4n) is 2.35. The van der Waals surface area contributed by atoms with Crippen molar-refractivity contribution >= 4 is 11.6 Å². The van der Waals surface area contributed by atoms with E-state index in [1.807, 2.05) is 35.7 Å². The standard InChI is InChI=1S/C15H18N6O/c1-3-7-20-10-12(11(2)19-20)15(22)16-9-14-18-17-13-6-4-5-8-21(13)14/h4-6,8,10H,3,7,9H2,1-2H3,(H,16,22). The quantitative estimate of drug-likeness (QED) is 0.775. The second-order valence-electron chi connectivity index (χ2n) is 5.12. The summed E-state index contributed by atoms with van der Waals surface area (Å²) >= 11 is 0. The molecule has 3 rings (SSSR count). The van der Waals surface area contributed by atoms with Crippen molar-refractivity contribution < 1.29 is 4.79 Å². The highest BCUT2D eigenvalue weighted by Crippen LogP contribution is 2.07. The Hall–Kier alpha value is -2.70. The average Bonchev–Trinajstić information content (AvgIpc) is 3.09. The SMILES string of the molecule is CCCn1cc(C(=O)NCc2nnc3ccccn23)c(C)n1. The topological polar surface area (TPSA) is 77.1 Å². The fourth-order valence-corrected chi connectivity index (χ4v) is 2.35. The smallest absolute Gasteiger partial charge is 0.255 e. The van der Waals surface area contributed by atoms with E-state index in [-0.39, 0.29) is 5.91 Å². The number of aromatic nitrogens is 5. The van der Waals surface area contributed by atoms with E-state index in [2.05, 4.69) is 27.5 Å². The summed E-state index contributed by atoms with van der Waals surface area (Å²) in [6, 6.07) is 5.68. The lowest BCUT2D eigenvalue weighted by molar-refractivity contribution is 0.0949. The van der Waals surface area contributed by atoms with Crippen LogP contribution in [-0.2, 0) is 13.1 Å². The Bertz CT molecular complexity index is 803. The van der Waals surface area contributed by atoms with Crippen molar-refractivity contribution in [2.24, 2.45) is 0 Å². The first-order valence-electron chi connectivity index (χ1n) is 7.30. The number of hydrogen-bond acceptors (Lipinski definition) is 4. The zero-order chi connectivity index (χ0) is 15.5. The van der Waals surface area contributed by atoms with Gasteiger partial charge in [0.2, 0.25) is 0 Å². The second-order valence-corrected chi connectivity index (χ2v) is 5.12. The van der Waals surface area contributed by atoms with Crippen LogP contribution in [0.4, 0.5) is 0 Å². The van der Waals surface area contributed by atoms with E-state index in [9.17, 15) is 4.79 Å². The molecule has 0 aliphatic rings. The van der Waals surface area contributed by atoms with Crippen LogP contribution in [0.5, 0.6) is 0 Å². The van der Waals surface area contributed by atoms with Gasteiger partial charge >= 0.3 is 0 Å². The molecule has 1 amide bonds. The maximum Gasteiger partial charge on any atom is 0.255 e. The number of hydrogen-bond donors (Lipinski definition) is 1. The van der Waals surface area contributed by atoms with Gasteiger partial charge < -0.3 is 5.32 Å². The molecule has 0 radical (unpaired) electrons. The number of carbonyl (C=O) groups excluding carboxylic acids is 1. The number of carbonyl (C=O) groups is 1. The van der Waals surface area contributed by atoms with Crippen LogP contribution < -0.4 is 5.32 Å². The van der Waals surface area contributed by atoms with Crippen molar-refractivity contribution in [3.8, 4) is 0 Å². The lowest BCUT2D eigenvalue weighted by atomic mass is 10.2. The van der Waals surface area contributed by atoms with Gasteiger partial charge in [-0.3, -0.25) is 13.9 Å². The van der Waals surface area contributed by atoms with Gasteiger partial charge in [-0.15, -0.1) is 10.2 Å². The Morgan fingerprint density at radius 2 is 2.18 bits per heavy atom. The van der Waals surface area contributed by atoms with E-state index in [4.69, 9.17) is 0 Å². The average molecular weight is 298 g/mol. The fraction of sp³-hybridized carbons (Fsp3) is 0.333. The molecule has 3 heterocycles. The van der Waals surface area contributed by atoms with Gasteiger partial charge in [-0.2, -0.15) is 5.10 Å². The molecule has 3 aromatic heterocycles. The van der Waals surface area contributed by atoms with E-state index < -0.39 is 0 Å². The minimum absolute atomic E-state index is 0.146. The van der Waals surface area contributed by atoms with Crippen LogP contribution in [0, 0.1) is 6.92 Å². The van der Waals surface area contributed by atoms with E-state index in [0.717, 1.165) is 24.3 Å². The molecular weight excluding hydrogens is 280 g/mol. The number of fused-ring (bicyclic) bond motifs is 1. The molecule has 0 atom stereocenters.